The summed E-state index contributed by atoms with van der Waals surface area (Å²) in [7, 11) is 2.16. The molecule has 7 heterocycles. The van der Waals surface area contributed by atoms with Crippen LogP contribution in [0, 0.1) is 0 Å². The molecule has 2 aromatic carbocycles. The van der Waals surface area contributed by atoms with E-state index in [0.29, 0.717) is 19.6 Å². The summed E-state index contributed by atoms with van der Waals surface area (Å²) in [6, 6.07) is 10.0. The average Bonchev–Trinajstić information content (AvgIpc) is 4.11. The van der Waals surface area contributed by atoms with E-state index in [1.54, 1.807) is 10.9 Å². The number of nitrogens with two attached hydrogens (primary N) is 6. The van der Waals surface area contributed by atoms with Crippen molar-refractivity contribution >= 4 is 16.7 Å². The van der Waals surface area contributed by atoms with Gasteiger partial charge in [-0.15, -0.1) is 10.2 Å². The highest BCUT2D eigenvalue weighted by Gasteiger charge is 2.54. The normalized spacial score (nSPS) is 34.3. The van der Waals surface area contributed by atoms with Crippen LogP contribution in [-0.2, 0) is 54.4 Å². The molecule has 19 N–H and O–H groups in total. The zero-order valence-corrected chi connectivity index (χ0v) is 46.0. The summed E-state index contributed by atoms with van der Waals surface area (Å²) < 4.78 is 46.2. The second-order valence-electron chi connectivity index (χ2n) is 22.3. The van der Waals surface area contributed by atoms with Crippen LogP contribution >= 0.6 is 0 Å². The van der Waals surface area contributed by atoms with E-state index in [-0.39, 0.29) is 33.5 Å². The summed E-state index contributed by atoms with van der Waals surface area (Å²) in [5.74, 6) is 1.57. The highest BCUT2D eigenvalue weighted by atomic mass is 16.8. The van der Waals surface area contributed by atoms with Crippen LogP contribution in [0.5, 0.6) is 5.75 Å². The topological polar surface area (TPSA) is 439 Å². The Morgan fingerprint density at radius 3 is 1.83 bits per heavy atom. The molecule has 0 bridgehead atoms. The summed E-state index contributed by atoms with van der Waals surface area (Å²) >= 11 is 0. The number of aliphatic hydroxyl groups is 6. The van der Waals surface area contributed by atoms with Gasteiger partial charge >= 0.3 is 0 Å². The van der Waals surface area contributed by atoms with Gasteiger partial charge in [-0.2, -0.15) is 0 Å². The lowest BCUT2D eigenvalue weighted by Gasteiger charge is -2.47. The third kappa shape index (κ3) is 14.5. The van der Waals surface area contributed by atoms with Gasteiger partial charge in [0.25, 0.3) is 0 Å². The monoisotopic (exact) mass is 1170 g/mol. The number of aromatic amines is 1. The molecule has 4 saturated heterocycles. The average molecular weight is 1170 g/mol. The Morgan fingerprint density at radius 1 is 0.627 bits per heavy atom. The van der Waals surface area contributed by atoms with Crippen molar-refractivity contribution in [1.29, 1.82) is 0 Å². The number of nitrogens with zero attached hydrogens (tertiary/aromatic N) is 9. The van der Waals surface area contributed by atoms with Crippen LogP contribution in [0.15, 0.2) is 54.9 Å². The summed E-state index contributed by atoms with van der Waals surface area (Å²) in [5.41, 5.74) is 42.7. The molecule has 3 aromatic heterocycles. The van der Waals surface area contributed by atoms with Gasteiger partial charge in [-0.05, 0) is 81.6 Å². The van der Waals surface area contributed by atoms with Crippen LogP contribution < -0.4 is 44.0 Å². The number of nitrogens with one attached hydrogen (secondary N) is 1. The van der Waals surface area contributed by atoms with Crippen molar-refractivity contribution in [2.75, 3.05) is 57.8 Å². The van der Waals surface area contributed by atoms with Gasteiger partial charge < -0.3 is 113 Å². The number of aromatic nitrogens is 8. The number of H-pyrrole nitrogens is 1. The molecular weight excluding hydrogens is 1080 g/mol. The number of unbranched alkanes of at least 4 members (excludes halogenated alkanes) is 3. The molecule has 0 amide bonds. The lowest BCUT2D eigenvalue weighted by atomic mass is 9.84. The fourth-order valence-corrected chi connectivity index (χ4v) is 11.4. The molecule has 83 heavy (non-hydrogen) atoms. The number of likely N-dealkylation sites (N-methyl/N-ethyl adjacent to an activating group) is 1. The lowest BCUT2D eigenvalue weighted by molar-refractivity contribution is -0.306. The Bertz CT molecular complexity index is 2790. The number of aryl methyl sites for hydroxylation is 2. The molecule has 29 nitrogen and oxygen atoms in total. The number of hydrogen-bond acceptors (Lipinski definition) is 26. The van der Waals surface area contributed by atoms with Crippen molar-refractivity contribution in [3.8, 4) is 17.1 Å². The zero-order chi connectivity index (χ0) is 57.8. The predicted molar refractivity (Wildman–Crippen MR) is 301 cm³/mol. The SMILES string of the molecule is C.CN1CCN(c2ccc3nc(-c4ccc(OCCn5cc(CCCCCCc6cn(C[C@H]7OC(O[C@@H]8C(O)[C@H](N)CC(N)[C@H]8O[C@H]8OC(CN)[C@@H](O)[C@H](O)C8N)[C@@H](O)[C@H]7O[C@H]7O[C@@H](CN)[C@@H](O)C(O)C7N)nn6)nn5)cc4)[nH]c3c2)CC1. The van der Waals surface area contributed by atoms with E-state index >= 15 is 0 Å². The van der Waals surface area contributed by atoms with E-state index in [0.717, 1.165) is 97.8 Å². The number of aliphatic hydroxyl groups excluding tert-OH is 6. The quantitative estimate of drug-likeness (QED) is 0.0281. The van der Waals surface area contributed by atoms with Crippen LogP contribution in [0.3, 0.4) is 0 Å². The van der Waals surface area contributed by atoms with Gasteiger partial charge in [0.1, 0.15) is 85.3 Å². The second kappa shape index (κ2) is 28.0. The molecule has 5 aliphatic rings. The second-order valence-corrected chi connectivity index (χ2v) is 22.3. The highest BCUT2D eigenvalue weighted by molar-refractivity contribution is 5.83. The summed E-state index contributed by atoms with van der Waals surface area (Å²) in [5, 5.41) is 83.2. The highest BCUT2D eigenvalue weighted by Crippen LogP contribution is 2.35. The van der Waals surface area contributed by atoms with Gasteiger partial charge in [0.05, 0.1) is 53.7 Å². The summed E-state index contributed by atoms with van der Waals surface area (Å²) in [6.07, 6.45) is -11.1. The van der Waals surface area contributed by atoms with Crippen molar-refractivity contribution in [3.63, 3.8) is 0 Å². The standard InChI is InChI=1S/C53H82N16O13.CH4/c1-66-14-16-67(17-15-66)30-10-13-34-35(20-30)61-50(60-34)27-8-11-31(12-9-27)76-19-18-68-24-28(62-64-68)6-4-2-3-5-7-29-25-69(65-63-29)26-38-48(81-52-40(59)45(74)43(72)37(23-55)78-52)46(75)53(79-38)82-49-41(70)32(56)21-33(57)47(49)80-51-39(58)44(73)42(71)36(22-54)77-51;/h8-13,20,24-25,32-33,36-49,51-53,70-75H,2-7,14-19,21-23,26,54-59H2,1H3,(H,60,61);1H4/t32-,33?,36?,37+,38-,39?,40?,41?,42-,43-,44-,45?,46+,47-,48+,49-,51-,52-,53?;/m1./s1. The molecule has 10 rings (SSSR count). The Hall–Kier alpha value is -4.97. The van der Waals surface area contributed by atoms with E-state index in [1.807, 2.05) is 30.5 Å². The Morgan fingerprint density at radius 2 is 1.20 bits per heavy atom. The van der Waals surface area contributed by atoms with E-state index < -0.39 is 116 Å². The maximum absolute atomic E-state index is 11.9. The Labute approximate surface area is 481 Å². The third-order valence-corrected chi connectivity index (χ3v) is 16.4. The lowest BCUT2D eigenvalue weighted by Crippen LogP contribution is -2.68. The molecule has 460 valence electrons. The van der Waals surface area contributed by atoms with E-state index in [2.05, 4.69) is 60.7 Å². The number of imidazole rings is 1. The van der Waals surface area contributed by atoms with Gasteiger partial charge in [-0.3, -0.25) is 0 Å². The van der Waals surface area contributed by atoms with Gasteiger partial charge in [-0.25, -0.2) is 14.3 Å². The van der Waals surface area contributed by atoms with Gasteiger partial charge in [0.15, 0.2) is 18.9 Å². The van der Waals surface area contributed by atoms with E-state index in [9.17, 15) is 30.6 Å². The molecule has 29 heteroatoms. The molecule has 19 atom stereocenters. The Balaban J connectivity index is 0.00000828. The first kappa shape index (κ1) is 62.6. The smallest absolute Gasteiger partial charge is 0.187 e. The van der Waals surface area contributed by atoms with Crippen molar-refractivity contribution in [1.82, 2.24) is 44.9 Å². The number of fused-ring (bicyclic) bond motifs is 1. The van der Waals surface area contributed by atoms with Crippen molar-refractivity contribution < 1.29 is 63.8 Å². The van der Waals surface area contributed by atoms with Crippen LogP contribution in [0.4, 0.5) is 5.69 Å². The number of anilines is 1. The fourth-order valence-electron chi connectivity index (χ4n) is 11.4. The molecule has 0 radical (unpaired) electrons. The minimum atomic E-state index is -1.61. The maximum atomic E-state index is 11.9. The van der Waals surface area contributed by atoms with Crippen molar-refractivity contribution in [2.24, 2.45) is 34.4 Å². The molecule has 4 aliphatic heterocycles. The molecule has 7 unspecified atom stereocenters. The molecular formula is C54H86N16O13. The first-order valence-corrected chi connectivity index (χ1v) is 28.4. The number of benzene rings is 2. The maximum Gasteiger partial charge on any atom is 0.187 e. The number of piperazine rings is 1. The van der Waals surface area contributed by atoms with Crippen LogP contribution in [0.2, 0.25) is 0 Å². The number of ether oxygens (including phenoxy) is 7. The van der Waals surface area contributed by atoms with Gasteiger partial charge in [0, 0.05) is 75.0 Å². The summed E-state index contributed by atoms with van der Waals surface area (Å²) in [6.45, 7) is 4.73. The molecule has 5 aromatic rings. The third-order valence-electron chi connectivity index (χ3n) is 16.4. The van der Waals surface area contributed by atoms with E-state index in [1.165, 1.54) is 10.4 Å². The van der Waals surface area contributed by atoms with Crippen molar-refractivity contribution in [2.45, 2.75) is 182 Å². The zero-order valence-electron chi connectivity index (χ0n) is 46.0. The molecule has 1 saturated carbocycles. The van der Waals surface area contributed by atoms with Crippen LogP contribution in [0.1, 0.15) is 50.9 Å². The van der Waals surface area contributed by atoms with Gasteiger partial charge in [-0.1, -0.05) is 30.7 Å². The predicted octanol–water partition coefficient (Wildman–Crippen LogP) is -3.65. The van der Waals surface area contributed by atoms with Crippen LogP contribution in [0.25, 0.3) is 22.4 Å². The van der Waals surface area contributed by atoms with Gasteiger partial charge in [0.2, 0.25) is 0 Å². The minimum absolute atomic E-state index is 0. The number of hydrogen-bond donors (Lipinski definition) is 13. The first-order valence-electron chi connectivity index (χ1n) is 28.4. The summed E-state index contributed by atoms with van der Waals surface area (Å²) in [4.78, 5) is 13.1. The van der Waals surface area contributed by atoms with Crippen molar-refractivity contribution in [3.05, 3.63) is 66.2 Å². The molecule has 5 fully saturated rings. The Kier molecular flexibility index (Phi) is 21.1. The largest absolute Gasteiger partial charge is 0.492 e. The fraction of sp³-hybridized carbons (Fsp3) is 0.685. The number of rotatable bonds is 23. The minimum Gasteiger partial charge on any atom is -0.492 e. The molecule has 1 aliphatic carbocycles. The molecule has 0 spiro atoms. The van der Waals surface area contributed by atoms with E-state index in [4.69, 9.17) is 72.5 Å². The first-order chi connectivity index (χ1) is 39.5. The van der Waals surface area contributed by atoms with Crippen LogP contribution in [-0.4, -0.2) is 245 Å².